The predicted molar refractivity (Wildman–Crippen MR) is 116 cm³/mol. The van der Waals surface area contributed by atoms with Crippen molar-refractivity contribution in [1.29, 1.82) is 0 Å². The normalized spacial score (nSPS) is 17.2. The zero-order valence-electron chi connectivity index (χ0n) is 16.3. The van der Waals surface area contributed by atoms with Gasteiger partial charge in [0.15, 0.2) is 17.3 Å². The zero-order chi connectivity index (χ0) is 22.6. The van der Waals surface area contributed by atoms with Crippen LogP contribution in [0.2, 0.25) is 5.02 Å². The molecular formula is C25H13ClFNO4. The van der Waals surface area contributed by atoms with Crippen LogP contribution in [0.5, 0.6) is 0 Å². The number of rotatable bonds is 2. The SMILES string of the molecule is O=C1C2=C(C(=O)c3ccccc31)[C@@H](C(=O)c1ccc(F)cc1)C(=O)Nc1ccc(Cl)cc12. The molecule has 0 saturated carbocycles. The maximum absolute atomic E-state index is 13.6. The minimum absolute atomic E-state index is 0.0370. The quantitative estimate of drug-likeness (QED) is 0.455. The molecule has 0 unspecified atom stereocenters. The van der Waals surface area contributed by atoms with Gasteiger partial charge in [-0.25, -0.2) is 4.39 Å². The molecule has 1 aliphatic carbocycles. The third kappa shape index (κ3) is 2.99. The Bertz CT molecular complexity index is 1390. The largest absolute Gasteiger partial charge is 0.325 e. The van der Waals surface area contributed by atoms with E-state index in [9.17, 15) is 23.6 Å². The summed E-state index contributed by atoms with van der Waals surface area (Å²) in [4.78, 5) is 53.7. The van der Waals surface area contributed by atoms with E-state index in [4.69, 9.17) is 11.6 Å². The number of Topliss-reactive ketones (excluding diaryl/α,β-unsaturated/α-hetero) is 3. The lowest BCUT2D eigenvalue weighted by atomic mass is 9.75. The molecule has 0 aromatic heterocycles. The van der Waals surface area contributed by atoms with Crippen molar-refractivity contribution < 1.29 is 23.6 Å². The molecule has 32 heavy (non-hydrogen) atoms. The molecule has 1 amide bonds. The summed E-state index contributed by atoms with van der Waals surface area (Å²) in [5.74, 6) is -4.67. The van der Waals surface area contributed by atoms with Gasteiger partial charge in [-0.15, -0.1) is 0 Å². The molecule has 1 heterocycles. The van der Waals surface area contributed by atoms with Gasteiger partial charge in [0.05, 0.1) is 0 Å². The summed E-state index contributed by atoms with van der Waals surface area (Å²) in [6.07, 6.45) is 0. The summed E-state index contributed by atoms with van der Waals surface area (Å²) in [6, 6.07) is 15.5. The fraction of sp³-hybridized carbons (Fsp3) is 0.0400. The first-order chi connectivity index (χ1) is 15.4. The van der Waals surface area contributed by atoms with Crippen molar-refractivity contribution >= 4 is 46.1 Å². The van der Waals surface area contributed by atoms with Gasteiger partial charge in [0.1, 0.15) is 11.7 Å². The van der Waals surface area contributed by atoms with Gasteiger partial charge < -0.3 is 5.32 Å². The van der Waals surface area contributed by atoms with Crippen LogP contribution in [0, 0.1) is 11.7 Å². The van der Waals surface area contributed by atoms with Gasteiger partial charge in [0.25, 0.3) is 0 Å². The molecule has 1 atom stereocenters. The van der Waals surface area contributed by atoms with Crippen LogP contribution in [0.3, 0.4) is 0 Å². The second kappa shape index (κ2) is 7.35. The summed E-state index contributed by atoms with van der Waals surface area (Å²) in [7, 11) is 0. The molecular weight excluding hydrogens is 433 g/mol. The van der Waals surface area contributed by atoms with Crippen molar-refractivity contribution in [3.63, 3.8) is 0 Å². The monoisotopic (exact) mass is 445 g/mol. The van der Waals surface area contributed by atoms with E-state index in [1.54, 1.807) is 12.1 Å². The number of nitrogens with one attached hydrogen (secondary N) is 1. The van der Waals surface area contributed by atoms with Crippen LogP contribution in [0.15, 0.2) is 72.3 Å². The molecule has 0 radical (unpaired) electrons. The number of ketones is 3. The van der Waals surface area contributed by atoms with Crippen molar-refractivity contribution in [3.05, 3.63) is 105 Å². The van der Waals surface area contributed by atoms with Gasteiger partial charge >= 0.3 is 0 Å². The van der Waals surface area contributed by atoms with E-state index in [-0.39, 0.29) is 39.1 Å². The molecule has 2 aliphatic rings. The highest BCUT2D eigenvalue weighted by Gasteiger charge is 2.45. The highest BCUT2D eigenvalue weighted by Crippen LogP contribution is 2.42. The van der Waals surface area contributed by atoms with Crippen molar-refractivity contribution in [3.8, 4) is 0 Å². The smallest absolute Gasteiger partial charge is 0.240 e. The minimum Gasteiger partial charge on any atom is -0.325 e. The molecule has 1 aliphatic heterocycles. The van der Waals surface area contributed by atoms with Crippen LogP contribution in [-0.4, -0.2) is 23.3 Å². The van der Waals surface area contributed by atoms with E-state index >= 15 is 0 Å². The standard InChI is InChI=1S/C25H13ClFNO4/c26-13-7-10-18-17(11-13)19-20(24(31)16-4-2-1-3-15(16)23(19)30)21(25(32)28-18)22(29)12-5-8-14(27)9-6-12/h1-11,21H,(H,28,32)/t21-/m0/s1. The minimum atomic E-state index is -1.59. The Morgan fingerprint density at radius 1 is 0.844 bits per heavy atom. The van der Waals surface area contributed by atoms with Gasteiger partial charge in [-0.05, 0) is 42.5 Å². The summed E-state index contributed by atoms with van der Waals surface area (Å²) < 4.78 is 13.4. The van der Waals surface area contributed by atoms with Gasteiger partial charge in [-0.3, -0.25) is 19.2 Å². The number of halogens is 2. The maximum atomic E-state index is 13.6. The number of allylic oxidation sites excluding steroid dienone is 1. The molecule has 156 valence electrons. The third-order valence-corrected chi connectivity index (χ3v) is 5.84. The molecule has 5 nitrogen and oxygen atoms in total. The van der Waals surface area contributed by atoms with Gasteiger partial charge in [0.2, 0.25) is 5.91 Å². The van der Waals surface area contributed by atoms with Gasteiger partial charge in [0, 0.05) is 44.1 Å². The number of hydrogen-bond acceptors (Lipinski definition) is 4. The number of amides is 1. The van der Waals surface area contributed by atoms with E-state index in [0.29, 0.717) is 5.02 Å². The number of carbonyl (C=O) groups excluding carboxylic acids is 4. The summed E-state index contributed by atoms with van der Waals surface area (Å²) in [5, 5.41) is 2.95. The van der Waals surface area contributed by atoms with Crippen molar-refractivity contribution in [2.24, 2.45) is 5.92 Å². The van der Waals surface area contributed by atoms with Gasteiger partial charge in [-0.2, -0.15) is 0 Å². The van der Waals surface area contributed by atoms with Crippen LogP contribution in [-0.2, 0) is 4.79 Å². The second-order valence-corrected chi connectivity index (χ2v) is 7.91. The highest BCUT2D eigenvalue weighted by molar-refractivity contribution is 6.44. The Balaban J connectivity index is 1.80. The Morgan fingerprint density at radius 3 is 2.19 bits per heavy atom. The zero-order valence-corrected chi connectivity index (χ0v) is 17.1. The van der Waals surface area contributed by atoms with Crippen molar-refractivity contribution in [1.82, 2.24) is 0 Å². The Kier molecular flexibility index (Phi) is 4.60. The molecule has 3 aromatic rings. The summed E-state index contributed by atoms with van der Waals surface area (Å²) in [6.45, 7) is 0. The molecule has 1 N–H and O–H groups in total. The van der Waals surface area contributed by atoms with Crippen molar-refractivity contribution in [2.45, 2.75) is 0 Å². The maximum Gasteiger partial charge on any atom is 0.240 e. The molecule has 0 bridgehead atoms. The lowest BCUT2D eigenvalue weighted by Gasteiger charge is -2.23. The van der Waals surface area contributed by atoms with Crippen LogP contribution in [0.25, 0.3) is 5.57 Å². The van der Waals surface area contributed by atoms with E-state index in [2.05, 4.69) is 5.32 Å². The van der Waals surface area contributed by atoms with E-state index < -0.39 is 35.0 Å². The van der Waals surface area contributed by atoms with Crippen LogP contribution < -0.4 is 5.32 Å². The fourth-order valence-corrected chi connectivity index (χ4v) is 4.31. The first-order valence-corrected chi connectivity index (χ1v) is 10.1. The average molecular weight is 446 g/mol. The van der Waals surface area contributed by atoms with Crippen LogP contribution in [0.4, 0.5) is 10.1 Å². The summed E-state index contributed by atoms with van der Waals surface area (Å²) in [5.41, 5.74) is 0.633. The fourth-order valence-electron chi connectivity index (χ4n) is 4.14. The number of benzene rings is 3. The first-order valence-electron chi connectivity index (χ1n) is 9.70. The molecule has 0 spiro atoms. The van der Waals surface area contributed by atoms with Gasteiger partial charge in [-0.1, -0.05) is 35.9 Å². The van der Waals surface area contributed by atoms with E-state index in [0.717, 1.165) is 12.1 Å². The topological polar surface area (TPSA) is 80.3 Å². The average Bonchev–Trinajstić information content (AvgIpc) is 2.91. The Morgan fingerprint density at radius 2 is 1.50 bits per heavy atom. The Hall–Kier alpha value is -3.90. The lowest BCUT2D eigenvalue weighted by Crippen LogP contribution is -2.35. The molecule has 0 fully saturated rings. The van der Waals surface area contributed by atoms with Crippen LogP contribution >= 0.6 is 11.6 Å². The van der Waals surface area contributed by atoms with Crippen molar-refractivity contribution in [2.75, 3.05) is 5.32 Å². The number of hydrogen-bond donors (Lipinski definition) is 1. The first kappa shape index (κ1) is 20.0. The Labute approximate surface area is 186 Å². The molecule has 7 heteroatoms. The molecule has 5 rings (SSSR count). The number of carbonyl (C=O) groups is 4. The molecule has 3 aromatic carbocycles. The van der Waals surface area contributed by atoms with E-state index in [1.165, 1.54) is 42.5 Å². The highest BCUT2D eigenvalue weighted by atomic mass is 35.5. The second-order valence-electron chi connectivity index (χ2n) is 7.48. The van der Waals surface area contributed by atoms with Crippen LogP contribution in [0.1, 0.15) is 36.6 Å². The lowest BCUT2D eigenvalue weighted by molar-refractivity contribution is -0.117. The van der Waals surface area contributed by atoms with E-state index in [1.807, 2.05) is 0 Å². The third-order valence-electron chi connectivity index (χ3n) is 5.61. The predicted octanol–water partition coefficient (Wildman–Crippen LogP) is 4.76. The summed E-state index contributed by atoms with van der Waals surface area (Å²) >= 11 is 6.16. The molecule has 0 saturated heterocycles. The number of anilines is 1. The number of fused-ring (bicyclic) bond motifs is 3.